The number of halogens is 1. The van der Waals surface area contributed by atoms with Gasteiger partial charge in [0.1, 0.15) is 5.82 Å². The van der Waals surface area contributed by atoms with Crippen molar-refractivity contribution in [3.8, 4) is 0 Å². The van der Waals surface area contributed by atoms with Crippen LogP contribution >= 0.6 is 0 Å². The Labute approximate surface area is 131 Å². The van der Waals surface area contributed by atoms with E-state index in [2.05, 4.69) is 16.5 Å². The standard InChI is InChI=1S/C19H25FN2/c20-15-6-7-19-17(9-15)18(12-22-19)16-8-14(16)11-21-10-13-4-2-1-3-5-13/h6-7,9,12-14,16,21-22H,1-5,8,10-11H2/t14-,16+/m0/s1. The molecule has 1 aromatic carbocycles. The molecule has 2 fully saturated rings. The van der Waals surface area contributed by atoms with Gasteiger partial charge in [0.2, 0.25) is 0 Å². The third-order valence-electron chi connectivity index (χ3n) is 5.56. The van der Waals surface area contributed by atoms with E-state index in [0.29, 0.717) is 5.92 Å². The molecule has 0 aliphatic heterocycles. The molecule has 2 saturated carbocycles. The lowest BCUT2D eigenvalue weighted by atomic mass is 9.89. The number of aromatic amines is 1. The van der Waals surface area contributed by atoms with Crippen LogP contribution in [0.1, 0.15) is 50.0 Å². The summed E-state index contributed by atoms with van der Waals surface area (Å²) < 4.78 is 13.5. The third-order valence-corrected chi connectivity index (χ3v) is 5.56. The van der Waals surface area contributed by atoms with Crippen molar-refractivity contribution in [3.05, 3.63) is 35.8 Å². The van der Waals surface area contributed by atoms with Crippen LogP contribution in [-0.2, 0) is 0 Å². The molecule has 0 saturated heterocycles. The number of hydrogen-bond acceptors (Lipinski definition) is 1. The number of fused-ring (bicyclic) bond motifs is 1. The van der Waals surface area contributed by atoms with E-state index in [4.69, 9.17) is 0 Å². The van der Waals surface area contributed by atoms with Crippen LogP contribution in [0.2, 0.25) is 0 Å². The van der Waals surface area contributed by atoms with Crippen molar-refractivity contribution in [3.63, 3.8) is 0 Å². The van der Waals surface area contributed by atoms with E-state index in [9.17, 15) is 4.39 Å². The van der Waals surface area contributed by atoms with Crippen LogP contribution in [0.4, 0.5) is 4.39 Å². The average molecular weight is 300 g/mol. The molecule has 0 spiro atoms. The van der Waals surface area contributed by atoms with Crippen molar-refractivity contribution in [1.82, 2.24) is 10.3 Å². The summed E-state index contributed by atoms with van der Waals surface area (Å²) in [5.41, 5.74) is 2.36. The molecule has 2 N–H and O–H groups in total. The first kappa shape index (κ1) is 14.3. The highest BCUT2D eigenvalue weighted by Crippen LogP contribution is 2.49. The first-order chi connectivity index (χ1) is 10.8. The molecule has 2 aromatic rings. The summed E-state index contributed by atoms with van der Waals surface area (Å²) in [5.74, 6) is 2.09. The average Bonchev–Trinajstić information content (AvgIpc) is 3.18. The van der Waals surface area contributed by atoms with E-state index in [1.807, 2.05) is 6.07 Å². The number of H-pyrrole nitrogens is 1. The van der Waals surface area contributed by atoms with Gasteiger partial charge in [0.25, 0.3) is 0 Å². The van der Waals surface area contributed by atoms with E-state index in [1.54, 1.807) is 6.07 Å². The van der Waals surface area contributed by atoms with Crippen molar-refractivity contribution in [2.75, 3.05) is 13.1 Å². The van der Waals surface area contributed by atoms with E-state index in [0.717, 1.165) is 29.3 Å². The summed E-state index contributed by atoms with van der Waals surface area (Å²) in [4.78, 5) is 3.28. The molecule has 0 amide bonds. The topological polar surface area (TPSA) is 27.8 Å². The Morgan fingerprint density at radius 2 is 2.00 bits per heavy atom. The Morgan fingerprint density at radius 1 is 1.14 bits per heavy atom. The van der Waals surface area contributed by atoms with Crippen LogP contribution in [0, 0.1) is 17.7 Å². The van der Waals surface area contributed by atoms with Crippen LogP contribution in [-0.4, -0.2) is 18.1 Å². The lowest BCUT2D eigenvalue weighted by molar-refractivity contribution is 0.340. The molecule has 0 unspecified atom stereocenters. The second kappa shape index (κ2) is 6.04. The molecule has 2 atom stereocenters. The Balaban J connectivity index is 1.32. The minimum absolute atomic E-state index is 0.138. The normalized spacial score (nSPS) is 25.7. The molecule has 1 aromatic heterocycles. The molecule has 3 heteroatoms. The monoisotopic (exact) mass is 300 g/mol. The van der Waals surface area contributed by atoms with Gasteiger partial charge in [-0.3, -0.25) is 0 Å². The lowest BCUT2D eigenvalue weighted by Gasteiger charge is -2.21. The Bertz CT molecular complexity index is 642. The van der Waals surface area contributed by atoms with Crippen molar-refractivity contribution in [1.29, 1.82) is 0 Å². The van der Waals surface area contributed by atoms with Crippen LogP contribution in [0.3, 0.4) is 0 Å². The fraction of sp³-hybridized carbons (Fsp3) is 0.579. The van der Waals surface area contributed by atoms with E-state index in [-0.39, 0.29) is 5.82 Å². The quantitative estimate of drug-likeness (QED) is 0.831. The van der Waals surface area contributed by atoms with Crippen LogP contribution in [0.25, 0.3) is 10.9 Å². The molecule has 2 aliphatic rings. The summed E-state index contributed by atoms with van der Waals surface area (Å²) in [7, 11) is 0. The van der Waals surface area contributed by atoms with Gasteiger partial charge in [-0.2, -0.15) is 0 Å². The van der Waals surface area contributed by atoms with E-state index in [1.165, 1.54) is 56.7 Å². The predicted octanol–water partition coefficient (Wildman–Crippen LogP) is 4.58. The minimum Gasteiger partial charge on any atom is -0.361 e. The summed E-state index contributed by atoms with van der Waals surface area (Å²) in [6.45, 7) is 2.30. The summed E-state index contributed by atoms with van der Waals surface area (Å²) >= 11 is 0. The number of nitrogens with one attached hydrogen (secondary N) is 2. The maximum atomic E-state index is 13.5. The van der Waals surface area contributed by atoms with Gasteiger partial charge in [-0.15, -0.1) is 0 Å². The van der Waals surface area contributed by atoms with Gasteiger partial charge in [0.15, 0.2) is 0 Å². The van der Waals surface area contributed by atoms with Gasteiger partial charge in [-0.25, -0.2) is 4.39 Å². The lowest BCUT2D eigenvalue weighted by Crippen LogP contribution is -2.26. The van der Waals surface area contributed by atoms with Crippen LogP contribution in [0.15, 0.2) is 24.4 Å². The van der Waals surface area contributed by atoms with E-state index >= 15 is 0 Å². The van der Waals surface area contributed by atoms with Gasteiger partial charge in [-0.05, 0) is 73.9 Å². The SMILES string of the molecule is Fc1ccc2[nH]cc([C@@H]3C[C@H]3CNCC3CCCCC3)c2c1. The first-order valence-electron chi connectivity index (χ1n) is 8.78. The fourth-order valence-corrected chi connectivity index (χ4v) is 4.14. The zero-order valence-corrected chi connectivity index (χ0v) is 13.1. The maximum absolute atomic E-state index is 13.5. The summed E-state index contributed by atoms with van der Waals surface area (Å²) in [5, 5.41) is 4.75. The molecule has 22 heavy (non-hydrogen) atoms. The highest BCUT2D eigenvalue weighted by atomic mass is 19.1. The van der Waals surface area contributed by atoms with Crippen LogP contribution < -0.4 is 5.32 Å². The number of aromatic nitrogens is 1. The van der Waals surface area contributed by atoms with Crippen molar-refractivity contribution >= 4 is 10.9 Å². The van der Waals surface area contributed by atoms with Crippen molar-refractivity contribution in [2.45, 2.75) is 44.4 Å². The maximum Gasteiger partial charge on any atom is 0.123 e. The molecular weight excluding hydrogens is 275 g/mol. The van der Waals surface area contributed by atoms with E-state index < -0.39 is 0 Å². The summed E-state index contributed by atoms with van der Waals surface area (Å²) in [6.07, 6.45) is 10.4. The van der Waals surface area contributed by atoms with Crippen molar-refractivity contribution < 1.29 is 4.39 Å². The Hall–Kier alpha value is -1.35. The summed E-state index contributed by atoms with van der Waals surface area (Å²) in [6, 6.07) is 5.04. The molecule has 4 rings (SSSR count). The van der Waals surface area contributed by atoms with Gasteiger partial charge in [0.05, 0.1) is 0 Å². The minimum atomic E-state index is -0.138. The second-order valence-electron chi connectivity index (χ2n) is 7.20. The van der Waals surface area contributed by atoms with Gasteiger partial charge < -0.3 is 10.3 Å². The van der Waals surface area contributed by atoms with Gasteiger partial charge in [0, 0.05) is 17.1 Å². The van der Waals surface area contributed by atoms with Crippen LogP contribution in [0.5, 0.6) is 0 Å². The second-order valence-corrected chi connectivity index (χ2v) is 7.20. The largest absolute Gasteiger partial charge is 0.361 e. The third kappa shape index (κ3) is 2.91. The highest BCUT2D eigenvalue weighted by molar-refractivity contribution is 5.84. The zero-order chi connectivity index (χ0) is 14.9. The van der Waals surface area contributed by atoms with Gasteiger partial charge >= 0.3 is 0 Å². The van der Waals surface area contributed by atoms with Gasteiger partial charge in [-0.1, -0.05) is 19.3 Å². The smallest absolute Gasteiger partial charge is 0.123 e. The van der Waals surface area contributed by atoms with Crippen molar-refractivity contribution in [2.24, 2.45) is 11.8 Å². The fourth-order valence-electron chi connectivity index (χ4n) is 4.14. The molecule has 118 valence electrons. The molecule has 2 aliphatic carbocycles. The Kier molecular flexibility index (Phi) is 3.91. The molecule has 0 radical (unpaired) electrons. The molecule has 2 nitrogen and oxygen atoms in total. The highest BCUT2D eigenvalue weighted by Gasteiger charge is 2.39. The number of benzene rings is 1. The zero-order valence-electron chi connectivity index (χ0n) is 13.1. The molecule has 1 heterocycles. The predicted molar refractivity (Wildman–Crippen MR) is 88.5 cm³/mol. The molecule has 0 bridgehead atoms. The molecular formula is C19H25FN2. The Morgan fingerprint density at radius 3 is 2.86 bits per heavy atom. The number of hydrogen-bond donors (Lipinski definition) is 2. The first-order valence-corrected chi connectivity index (χ1v) is 8.78. The number of rotatable bonds is 5.